The molecular weight excluding hydrogens is 446 g/mol. The predicted molar refractivity (Wildman–Crippen MR) is 134 cm³/mol. The molecule has 5 rings (SSSR count). The summed E-state index contributed by atoms with van der Waals surface area (Å²) in [6, 6.07) is 15.2. The molecule has 170 valence electrons. The average Bonchev–Trinajstić information content (AvgIpc) is 3.47. The van der Waals surface area contributed by atoms with E-state index in [0.717, 1.165) is 44.2 Å². The molecule has 0 saturated carbocycles. The lowest BCUT2D eigenvalue weighted by Gasteiger charge is -2.08. The number of nitrogens with one attached hydrogen (secondary N) is 1. The molecule has 0 fully saturated rings. The van der Waals surface area contributed by atoms with E-state index in [0.29, 0.717) is 11.6 Å². The minimum absolute atomic E-state index is 0.110. The van der Waals surface area contributed by atoms with Crippen molar-refractivity contribution in [2.75, 3.05) is 5.32 Å². The number of fused-ring (bicyclic) bond motifs is 1. The number of aromatic nitrogens is 4. The monoisotopic (exact) mass is 469 g/mol. The fraction of sp³-hybridized carbons (Fsp3) is 0.154. The number of carbonyl (C=O) groups excluding carboxylic acids is 1. The normalized spacial score (nSPS) is 11.0. The standard InChI is InChI=1S/C26H23N5O2S/c1-3-17-6-9-23(29-16-17)30-24(32)14-18-4-7-19(8-5-18)33-21-10-11-27-20-15-22(34-25(20)21)26-28-12-13-31(26)2/h4-13,15-16H,3,14H2,1-2H3,(H,29,30,32). The first-order chi connectivity index (χ1) is 16.6. The van der Waals surface area contributed by atoms with Gasteiger partial charge in [-0.15, -0.1) is 11.3 Å². The van der Waals surface area contributed by atoms with E-state index in [1.165, 1.54) is 0 Å². The van der Waals surface area contributed by atoms with Gasteiger partial charge in [-0.05, 0) is 41.8 Å². The third-order valence-electron chi connectivity index (χ3n) is 5.43. The third-order valence-corrected chi connectivity index (χ3v) is 6.57. The molecule has 0 bridgehead atoms. The van der Waals surface area contributed by atoms with Crippen molar-refractivity contribution in [2.45, 2.75) is 19.8 Å². The molecule has 0 aliphatic heterocycles. The summed E-state index contributed by atoms with van der Waals surface area (Å²) >= 11 is 1.60. The summed E-state index contributed by atoms with van der Waals surface area (Å²) in [6.07, 6.45) is 8.40. The molecule has 1 aromatic carbocycles. The summed E-state index contributed by atoms with van der Waals surface area (Å²) in [5.41, 5.74) is 2.90. The summed E-state index contributed by atoms with van der Waals surface area (Å²) in [6.45, 7) is 2.07. The number of carbonyl (C=O) groups is 1. The number of imidazole rings is 1. The Morgan fingerprint density at radius 2 is 1.85 bits per heavy atom. The SMILES string of the molecule is CCc1ccc(NC(=O)Cc2ccc(Oc3ccnc4cc(-c5nccn5C)sc34)cc2)nc1. The molecular formula is C26H23N5O2S. The average molecular weight is 470 g/mol. The van der Waals surface area contributed by atoms with Gasteiger partial charge in [0.15, 0.2) is 0 Å². The number of hydrogen-bond donors (Lipinski definition) is 1. The quantitative estimate of drug-likeness (QED) is 0.334. The van der Waals surface area contributed by atoms with Crippen LogP contribution in [0, 0.1) is 0 Å². The van der Waals surface area contributed by atoms with Crippen molar-refractivity contribution in [3.05, 3.63) is 84.4 Å². The van der Waals surface area contributed by atoms with Crippen LogP contribution in [0.5, 0.6) is 11.5 Å². The molecule has 0 unspecified atom stereocenters. The Labute approximate surface area is 201 Å². The fourth-order valence-corrected chi connectivity index (χ4v) is 4.70. The van der Waals surface area contributed by atoms with Gasteiger partial charge in [-0.3, -0.25) is 9.78 Å². The van der Waals surface area contributed by atoms with Crippen molar-refractivity contribution >= 4 is 33.3 Å². The first kappa shape index (κ1) is 21.8. The van der Waals surface area contributed by atoms with E-state index in [2.05, 4.69) is 27.2 Å². The van der Waals surface area contributed by atoms with Gasteiger partial charge < -0.3 is 14.6 Å². The number of nitrogens with zero attached hydrogens (tertiary/aromatic N) is 4. The van der Waals surface area contributed by atoms with E-state index in [-0.39, 0.29) is 12.3 Å². The molecule has 8 heteroatoms. The highest BCUT2D eigenvalue weighted by Crippen LogP contribution is 2.38. The number of thiophene rings is 1. The molecule has 1 amide bonds. The van der Waals surface area contributed by atoms with Crippen LogP contribution in [0.3, 0.4) is 0 Å². The lowest BCUT2D eigenvalue weighted by Crippen LogP contribution is -2.15. The van der Waals surface area contributed by atoms with Crippen LogP contribution in [0.4, 0.5) is 5.82 Å². The molecule has 1 N–H and O–H groups in total. The van der Waals surface area contributed by atoms with Crippen LogP contribution in [0.25, 0.3) is 20.9 Å². The number of aryl methyl sites for hydroxylation is 2. The summed E-state index contributed by atoms with van der Waals surface area (Å²) in [5.74, 6) is 2.78. The minimum atomic E-state index is -0.110. The Balaban J connectivity index is 1.27. The zero-order chi connectivity index (χ0) is 23.5. The highest BCUT2D eigenvalue weighted by atomic mass is 32.1. The van der Waals surface area contributed by atoms with Crippen molar-refractivity contribution in [1.82, 2.24) is 19.5 Å². The van der Waals surface area contributed by atoms with Crippen molar-refractivity contribution in [1.29, 1.82) is 0 Å². The van der Waals surface area contributed by atoms with Gasteiger partial charge in [-0.25, -0.2) is 9.97 Å². The molecule has 7 nitrogen and oxygen atoms in total. The first-order valence-corrected chi connectivity index (χ1v) is 11.8. The highest BCUT2D eigenvalue weighted by molar-refractivity contribution is 7.22. The number of hydrogen-bond acceptors (Lipinski definition) is 6. The van der Waals surface area contributed by atoms with Gasteiger partial charge in [0.05, 0.1) is 21.5 Å². The Bertz CT molecular complexity index is 1440. The van der Waals surface area contributed by atoms with Crippen molar-refractivity contribution in [2.24, 2.45) is 7.05 Å². The second kappa shape index (κ2) is 9.44. The third kappa shape index (κ3) is 4.67. The summed E-state index contributed by atoms with van der Waals surface area (Å²) in [4.78, 5) is 26.6. The number of anilines is 1. The number of pyridine rings is 2. The summed E-state index contributed by atoms with van der Waals surface area (Å²) < 4.78 is 9.11. The van der Waals surface area contributed by atoms with Crippen molar-refractivity contribution in [3.63, 3.8) is 0 Å². The molecule has 4 heterocycles. The molecule has 0 aliphatic carbocycles. The molecule has 5 aromatic rings. The Kier molecular flexibility index (Phi) is 6.05. The Hall–Kier alpha value is -4.04. The van der Waals surface area contributed by atoms with Gasteiger partial charge in [0, 0.05) is 37.9 Å². The van der Waals surface area contributed by atoms with E-state index in [1.54, 1.807) is 29.9 Å². The fourth-order valence-electron chi connectivity index (χ4n) is 3.59. The molecule has 0 saturated heterocycles. The van der Waals surface area contributed by atoms with Crippen LogP contribution in [0.2, 0.25) is 0 Å². The van der Waals surface area contributed by atoms with Crippen molar-refractivity contribution in [3.8, 4) is 22.2 Å². The second-order valence-corrected chi connectivity index (χ2v) is 8.92. The maximum atomic E-state index is 12.4. The number of benzene rings is 1. The van der Waals surface area contributed by atoms with Gasteiger partial charge in [0.25, 0.3) is 0 Å². The van der Waals surface area contributed by atoms with Gasteiger partial charge >= 0.3 is 0 Å². The first-order valence-electron chi connectivity index (χ1n) is 11.0. The molecule has 0 aliphatic rings. The van der Waals surface area contributed by atoms with Gasteiger partial charge in [0.1, 0.15) is 23.1 Å². The van der Waals surface area contributed by atoms with Crippen LogP contribution >= 0.6 is 11.3 Å². The minimum Gasteiger partial charge on any atom is -0.456 e. The molecule has 34 heavy (non-hydrogen) atoms. The zero-order valence-electron chi connectivity index (χ0n) is 18.9. The van der Waals surface area contributed by atoms with Crippen LogP contribution in [0.1, 0.15) is 18.1 Å². The van der Waals surface area contributed by atoms with Crippen LogP contribution in [-0.2, 0) is 24.7 Å². The molecule has 0 atom stereocenters. The van der Waals surface area contributed by atoms with Gasteiger partial charge in [-0.1, -0.05) is 25.1 Å². The molecule has 4 aromatic heterocycles. The zero-order valence-corrected chi connectivity index (χ0v) is 19.7. The van der Waals surface area contributed by atoms with Crippen LogP contribution in [0.15, 0.2) is 73.3 Å². The Morgan fingerprint density at radius 1 is 1.03 bits per heavy atom. The maximum Gasteiger partial charge on any atom is 0.229 e. The maximum absolute atomic E-state index is 12.4. The largest absolute Gasteiger partial charge is 0.456 e. The van der Waals surface area contributed by atoms with E-state index < -0.39 is 0 Å². The Morgan fingerprint density at radius 3 is 2.56 bits per heavy atom. The van der Waals surface area contributed by atoms with E-state index in [1.807, 2.05) is 66.3 Å². The van der Waals surface area contributed by atoms with Crippen LogP contribution < -0.4 is 10.1 Å². The highest BCUT2D eigenvalue weighted by Gasteiger charge is 2.13. The second-order valence-electron chi connectivity index (χ2n) is 7.87. The lowest BCUT2D eigenvalue weighted by molar-refractivity contribution is -0.115. The number of rotatable bonds is 7. The lowest BCUT2D eigenvalue weighted by atomic mass is 10.1. The van der Waals surface area contributed by atoms with E-state index in [4.69, 9.17) is 4.74 Å². The van der Waals surface area contributed by atoms with Gasteiger partial charge in [0.2, 0.25) is 5.91 Å². The molecule has 0 radical (unpaired) electrons. The van der Waals surface area contributed by atoms with Gasteiger partial charge in [-0.2, -0.15) is 0 Å². The molecule has 0 spiro atoms. The topological polar surface area (TPSA) is 81.9 Å². The van der Waals surface area contributed by atoms with E-state index in [9.17, 15) is 4.79 Å². The van der Waals surface area contributed by atoms with Crippen LogP contribution in [-0.4, -0.2) is 25.4 Å². The van der Waals surface area contributed by atoms with E-state index >= 15 is 0 Å². The number of ether oxygens (including phenoxy) is 1. The van der Waals surface area contributed by atoms with Crippen molar-refractivity contribution < 1.29 is 9.53 Å². The predicted octanol–water partition coefficient (Wildman–Crippen LogP) is 5.63. The smallest absolute Gasteiger partial charge is 0.229 e. The number of amides is 1. The summed E-state index contributed by atoms with van der Waals surface area (Å²) in [5, 5.41) is 2.84. The summed E-state index contributed by atoms with van der Waals surface area (Å²) in [7, 11) is 1.97.